The molecule has 0 saturated carbocycles. The number of hydrogen-bond acceptors (Lipinski definition) is 3. The third-order valence-corrected chi connectivity index (χ3v) is 5.53. The summed E-state index contributed by atoms with van der Waals surface area (Å²) in [4.78, 5) is 0. The van der Waals surface area contributed by atoms with E-state index in [2.05, 4.69) is 41.7 Å². The van der Waals surface area contributed by atoms with Crippen molar-refractivity contribution in [3.8, 4) is 5.75 Å². The van der Waals surface area contributed by atoms with Crippen LogP contribution < -0.4 is 10.1 Å². The highest BCUT2D eigenvalue weighted by Gasteiger charge is 2.54. The van der Waals surface area contributed by atoms with Crippen molar-refractivity contribution in [2.75, 3.05) is 26.3 Å². The van der Waals surface area contributed by atoms with Crippen molar-refractivity contribution in [1.29, 1.82) is 0 Å². The summed E-state index contributed by atoms with van der Waals surface area (Å²) in [5.41, 5.74) is 4.32. The maximum absolute atomic E-state index is 6.33. The summed E-state index contributed by atoms with van der Waals surface area (Å²) < 4.78 is 12.1. The molecule has 0 bridgehead atoms. The van der Waals surface area contributed by atoms with Crippen molar-refractivity contribution in [1.82, 2.24) is 5.32 Å². The van der Waals surface area contributed by atoms with Gasteiger partial charge in [-0.05, 0) is 17.2 Å². The summed E-state index contributed by atoms with van der Waals surface area (Å²) in [6, 6.07) is 17.0. The van der Waals surface area contributed by atoms with Crippen LogP contribution in [0.1, 0.15) is 28.7 Å². The van der Waals surface area contributed by atoms with Gasteiger partial charge in [0.05, 0.1) is 6.61 Å². The van der Waals surface area contributed by atoms with Crippen LogP contribution in [0.15, 0.2) is 48.5 Å². The number of fused-ring (bicyclic) bond motifs is 5. The van der Waals surface area contributed by atoms with Gasteiger partial charge in [-0.3, -0.25) is 0 Å². The highest BCUT2D eigenvalue weighted by atomic mass is 16.5. The van der Waals surface area contributed by atoms with Gasteiger partial charge in [0.1, 0.15) is 18.5 Å². The summed E-state index contributed by atoms with van der Waals surface area (Å²) in [5.74, 6) is 1.57. The molecule has 2 aromatic rings. The molecule has 3 atom stereocenters. The number of rotatable bonds is 3. The molecule has 1 fully saturated rings. The Morgan fingerprint density at radius 2 is 1.91 bits per heavy atom. The van der Waals surface area contributed by atoms with Crippen LogP contribution in [0.2, 0.25) is 0 Å². The van der Waals surface area contributed by atoms with E-state index in [1.807, 2.05) is 12.1 Å². The molecule has 0 amide bonds. The Morgan fingerprint density at radius 3 is 2.86 bits per heavy atom. The summed E-state index contributed by atoms with van der Waals surface area (Å²) in [7, 11) is 0. The van der Waals surface area contributed by atoms with Crippen LogP contribution in [-0.2, 0) is 10.2 Å². The van der Waals surface area contributed by atoms with E-state index in [-0.39, 0.29) is 11.5 Å². The SMILES string of the molecule is c1ccc2c(c1)OCC2OC[C@@]12CNC[C@@H]1c1ccccc12. The van der Waals surface area contributed by atoms with Gasteiger partial charge < -0.3 is 14.8 Å². The van der Waals surface area contributed by atoms with Gasteiger partial charge in [-0.15, -0.1) is 0 Å². The minimum Gasteiger partial charge on any atom is -0.490 e. The van der Waals surface area contributed by atoms with Crippen LogP contribution >= 0.6 is 0 Å². The zero-order valence-electron chi connectivity index (χ0n) is 12.4. The largest absolute Gasteiger partial charge is 0.490 e. The van der Waals surface area contributed by atoms with E-state index in [9.17, 15) is 0 Å². The van der Waals surface area contributed by atoms with Crippen LogP contribution in [0.25, 0.3) is 0 Å². The van der Waals surface area contributed by atoms with E-state index in [1.165, 1.54) is 16.7 Å². The van der Waals surface area contributed by atoms with Crippen molar-refractivity contribution in [3.05, 3.63) is 65.2 Å². The lowest BCUT2D eigenvalue weighted by Crippen LogP contribution is -2.47. The molecule has 2 heterocycles. The Morgan fingerprint density at radius 1 is 1.09 bits per heavy atom. The van der Waals surface area contributed by atoms with Gasteiger partial charge in [-0.2, -0.15) is 0 Å². The summed E-state index contributed by atoms with van der Waals surface area (Å²) in [6.07, 6.45) is 0.0691. The lowest BCUT2D eigenvalue weighted by Gasteiger charge is -2.46. The minimum absolute atomic E-state index is 0.0691. The molecule has 3 nitrogen and oxygen atoms in total. The first kappa shape index (κ1) is 12.7. The second-order valence-electron chi connectivity index (χ2n) is 6.58. The Bertz CT molecular complexity index is 729. The monoisotopic (exact) mass is 293 g/mol. The zero-order chi connectivity index (χ0) is 14.6. The molecule has 1 saturated heterocycles. The molecule has 0 radical (unpaired) electrons. The predicted molar refractivity (Wildman–Crippen MR) is 84.4 cm³/mol. The molecule has 2 aromatic carbocycles. The van der Waals surface area contributed by atoms with Crippen LogP contribution in [-0.4, -0.2) is 26.3 Å². The van der Waals surface area contributed by atoms with Crippen LogP contribution in [0.4, 0.5) is 0 Å². The summed E-state index contributed by atoms with van der Waals surface area (Å²) in [6.45, 7) is 3.49. The Balaban J connectivity index is 1.39. The molecule has 2 aliphatic heterocycles. The van der Waals surface area contributed by atoms with E-state index in [0.717, 1.165) is 25.4 Å². The van der Waals surface area contributed by atoms with E-state index >= 15 is 0 Å². The molecule has 0 aromatic heterocycles. The maximum atomic E-state index is 6.33. The highest BCUT2D eigenvalue weighted by Crippen LogP contribution is 2.54. The van der Waals surface area contributed by atoms with E-state index in [0.29, 0.717) is 12.5 Å². The molecular weight excluding hydrogens is 274 g/mol. The normalized spacial score (nSPS) is 30.9. The van der Waals surface area contributed by atoms with Crippen LogP contribution in [0, 0.1) is 0 Å². The highest BCUT2D eigenvalue weighted by molar-refractivity contribution is 5.52. The Labute approximate surface area is 130 Å². The smallest absolute Gasteiger partial charge is 0.125 e. The molecule has 3 aliphatic rings. The third-order valence-electron chi connectivity index (χ3n) is 5.53. The molecule has 112 valence electrons. The number of ether oxygens (including phenoxy) is 2. The summed E-state index contributed by atoms with van der Waals surface area (Å²) in [5, 5.41) is 3.56. The first-order valence-corrected chi connectivity index (χ1v) is 8.02. The molecule has 5 rings (SSSR count). The molecule has 1 aliphatic carbocycles. The van der Waals surface area contributed by atoms with E-state index in [4.69, 9.17) is 9.47 Å². The Hall–Kier alpha value is -1.84. The third kappa shape index (κ3) is 1.58. The van der Waals surface area contributed by atoms with Crippen molar-refractivity contribution in [2.45, 2.75) is 17.4 Å². The molecule has 1 unspecified atom stereocenters. The van der Waals surface area contributed by atoms with Gasteiger partial charge in [0.2, 0.25) is 0 Å². The van der Waals surface area contributed by atoms with Gasteiger partial charge >= 0.3 is 0 Å². The molecular formula is C19H19NO2. The van der Waals surface area contributed by atoms with Crippen molar-refractivity contribution in [2.24, 2.45) is 0 Å². The molecule has 3 heteroatoms. The molecule has 22 heavy (non-hydrogen) atoms. The lowest BCUT2D eigenvalue weighted by atomic mass is 9.58. The van der Waals surface area contributed by atoms with Gasteiger partial charge in [0, 0.05) is 30.0 Å². The number of hydrogen-bond donors (Lipinski definition) is 1. The fourth-order valence-corrected chi connectivity index (χ4v) is 4.38. The quantitative estimate of drug-likeness (QED) is 0.944. The van der Waals surface area contributed by atoms with Crippen LogP contribution in [0.5, 0.6) is 5.75 Å². The first-order chi connectivity index (χ1) is 10.9. The summed E-state index contributed by atoms with van der Waals surface area (Å²) >= 11 is 0. The fourth-order valence-electron chi connectivity index (χ4n) is 4.38. The minimum atomic E-state index is 0.0691. The number of benzene rings is 2. The van der Waals surface area contributed by atoms with E-state index < -0.39 is 0 Å². The average Bonchev–Trinajstić information content (AvgIpc) is 3.13. The first-order valence-electron chi connectivity index (χ1n) is 8.02. The number of nitrogens with one attached hydrogen (secondary N) is 1. The van der Waals surface area contributed by atoms with Crippen molar-refractivity contribution in [3.63, 3.8) is 0 Å². The topological polar surface area (TPSA) is 30.5 Å². The molecule has 1 N–H and O–H groups in total. The predicted octanol–water partition coefficient (Wildman–Crippen LogP) is 2.78. The van der Waals surface area contributed by atoms with Crippen molar-refractivity contribution >= 4 is 0 Å². The van der Waals surface area contributed by atoms with Crippen LogP contribution in [0.3, 0.4) is 0 Å². The van der Waals surface area contributed by atoms with Gasteiger partial charge in [-0.1, -0.05) is 42.5 Å². The zero-order valence-corrected chi connectivity index (χ0v) is 12.4. The van der Waals surface area contributed by atoms with Crippen molar-refractivity contribution < 1.29 is 9.47 Å². The number of para-hydroxylation sites is 1. The Kier molecular flexibility index (Phi) is 2.64. The second kappa shape index (κ2) is 4.58. The van der Waals surface area contributed by atoms with Gasteiger partial charge in [-0.25, -0.2) is 0 Å². The van der Waals surface area contributed by atoms with E-state index in [1.54, 1.807) is 0 Å². The second-order valence-corrected chi connectivity index (χ2v) is 6.58. The molecule has 0 spiro atoms. The van der Waals surface area contributed by atoms with Gasteiger partial charge in [0.25, 0.3) is 0 Å². The lowest BCUT2D eigenvalue weighted by molar-refractivity contribution is 0.0000673. The average molecular weight is 293 g/mol. The fraction of sp³-hybridized carbons (Fsp3) is 0.368. The maximum Gasteiger partial charge on any atom is 0.125 e. The van der Waals surface area contributed by atoms with Gasteiger partial charge in [0.15, 0.2) is 0 Å². The standard InChI is InChI=1S/C19H19NO2/c1-3-7-15-13(5-1)16-9-20-11-19(15,16)12-22-18-10-21-17-8-4-2-6-14(17)18/h1-8,16,18,20H,9-12H2/t16-,18?,19-/m1/s1.